The van der Waals surface area contributed by atoms with E-state index < -0.39 is 0 Å². The van der Waals surface area contributed by atoms with Gasteiger partial charge in [-0.05, 0) is 37.7 Å². The van der Waals surface area contributed by atoms with E-state index in [0.717, 1.165) is 18.8 Å². The number of hydrogen-bond donors (Lipinski definition) is 2. The molecule has 1 aromatic rings. The van der Waals surface area contributed by atoms with E-state index in [-0.39, 0.29) is 16.7 Å². The molecule has 2 rings (SSSR count). The minimum absolute atomic E-state index is 0.0460. The van der Waals surface area contributed by atoms with Crippen molar-refractivity contribution in [3.05, 3.63) is 22.2 Å². The highest BCUT2D eigenvalue weighted by molar-refractivity contribution is 5.60. The van der Waals surface area contributed by atoms with E-state index in [9.17, 15) is 10.1 Å². The summed E-state index contributed by atoms with van der Waals surface area (Å²) >= 11 is 0. The number of rotatable bonds is 6. The van der Waals surface area contributed by atoms with Crippen LogP contribution in [0.25, 0.3) is 0 Å². The maximum absolute atomic E-state index is 11.1. The Labute approximate surface area is 125 Å². The molecule has 0 saturated heterocycles. The average molecular weight is 292 g/mol. The van der Waals surface area contributed by atoms with Crippen LogP contribution in [0.4, 0.5) is 17.3 Å². The zero-order valence-electron chi connectivity index (χ0n) is 12.8. The summed E-state index contributed by atoms with van der Waals surface area (Å²) in [4.78, 5) is 15.0. The second kappa shape index (κ2) is 7.24. The van der Waals surface area contributed by atoms with Crippen LogP contribution in [-0.2, 0) is 0 Å². The number of nitro groups is 1. The lowest BCUT2D eigenvalue weighted by Crippen LogP contribution is -2.27. The van der Waals surface area contributed by atoms with Gasteiger partial charge in [-0.25, -0.2) is 4.98 Å². The molecule has 0 aromatic carbocycles. The summed E-state index contributed by atoms with van der Waals surface area (Å²) in [6.45, 7) is 2.22. The van der Waals surface area contributed by atoms with Gasteiger partial charge < -0.3 is 10.6 Å². The van der Waals surface area contributed by atoms with E-state index in [1.165, 1.54) is 31.7 Å². The summed E-state index contributed by atoms with van der Waals surface area (Å²) in [5.41, 5.74) is 0.0460. The molecule has 0 atom stereocenters. The molecule has 6 nitrogen and oxygen atoms in total. The van der Waals surface area contributed by atoms with Crippen molar-refractivity contribution in [1.29, 1.82) is 0 Å². The van der Waals surface area contributed by atoms with Crippen molar-refractivity contribution in [2.45, 2.75) is 51.5 Å². The molecule has 1 fully saturated rings. The first-order valence-electron chi connectivity index (χ1n) is 7.73. The van der Waals surface area contributed by atoms with Gasteiger partial charge in [0, 0.05) is 19.2 Å². The third-order valence-electron chi connectivity index (χ3n) is 4.21. The lowest BCUT2D eigenvalue weighted by atomic mass is 9.83. The Morgan fingerprint density at radius 2 is 2.05 bits per heavy atom. The van der Waals surface area contributed by atoms with E-state index in [1.807, 2.05) is 0 Å². The number of anilines is 2. The summed E-state index contributed by atoms with van der Waals surface area (Å²) in [7, 11) is 1.76. The van der Waals surface area contributed by atoms with Gasteiger partial charge in [0.1, 0.15) is 5.82 Å². The minimum Gasteiger partial charge on any atom is -0.373 e. The monoisotopic (exact) mass is 292 g/mol. The van der Waals surface area contributed by atoms with Gasteiger partial charge in [-0.1, -0.05) is 19.8 Å². The van der Waals surface area contributed by atoms with Crippen LogP contribution >= 0.6 is 0 Å². The predicted octanol–water partition coefficient (Wildman–Crippen LogP) is 3.80. The van der Waals surface area contributed by atoms with Crippen molar-refractivity contribution >= 4 is 17.3 Å². The van der Waals surface area contributed by atoms with Gasteiger partial charge in [0.2, 0.25) is 5.82 Å². The molecule has 0 radical (unpaired) electrons. The Kier molecular flexibility index (Phi) is 5.36. The number of nitrogens with one attached hydrogen (secondary N) is 2. The number of nitrogens with zero attached hydrogens (tertiary/aromatic N) is 2. The molecule has 1 aromatic heterocycles. The van der Waals surface area contributed by atoms with E-state index in [0.29, 0.717) is 11.6 Å². The molecule has 1 heterocycles. The molecule has 1 aliphatic rings. The van der Waals surface area contributed by atoms with E-state index in [4.69, 9.17) is 0 Å². The molecule has 0 spiro atoms. The normalized spacial score (nSPS) is 21.8. The van der Waals surface area contributed by atoms with Crippen LogP contribution in [0.3, 0.4) is 0 Å². The zero-order chi connectivity index (χ0) is 15.2. The molecule has 0 amide bonds. The third-order valence-corrected chi connectivity index (χ3v) is 4.21. The van der Waals surface area contributed by atoms with Gasteiger partial charge in [0.25, 0.3) is 0 Å². The highest BCUT2D eigenvalue weighted by Gasteiger charge is 2.24. The summed E-state index contributed by atoms with van der Waals surface area (Å²) in [6.07, 6.45) is 7.05. The minimum atomic E-state index is -0.377. The molecule has 1 saturated carbocycles. The summed E-state index contributed by atoms with van der Waals surface area (Å²) in [5.74, 6) is 1.84. The molecular weight excluding hydrogens is 268 g/mol. The van der Waals surface area contributed by atoms with Gasteiger partial charge in [-0.2, -0.15) is 0 Å². The third kappa shape index (κ3) is 4.06. The Bertz CT molecular complexity index is 485. The van der Waals surface area contributed by atoms with Crippen molar-refractivity contribution in [2.24, 2.45) is 5.92 Å². The standard InChI is InChI=1S/C15H24N4O2/c1-3-4-11-5-7-12(8-6-11)17-15-13(19(20)21)9-10-14(16-2)18-15/h9-12H,3-8H2,1-2H3,(H2,16,17,18). The molecular formula is C15H24N4O2. The Morgan fingerprint density at radius 3 is 2.62 bits per heavy atom. The van der Waals surface area contributed by atoms with Crippen molar-refractivity contribution in [3.8, 4) is 0 Å². The summed E-state index contributed by atoms with van der Waals surface area (Å²) in [6, 6.07) is 3.42. The molecule has 6 heteroatoms. The second-order valence-electron chi connectivity index (χ2n) is 5.72. The maximum atomic E-state index is 11.1. The van der Waals surface area contributed by atoms with Crippen LogP contribution in [0, 0.1) is 16.0 Å². The fourth-order valence-corrected chi connectivity index (χ4v) is 3.04. The average Bonchev–Trinajstić information content (AvgIpc) is 2.49. The van der Waals surface area contributed by atoms with Crippen molar-refractivity contribution < 1.29 is 4.92 Å². The summed E-state index contributed by atoms with van der Waals surface area (Å²) < 4.78 is 0. The van der Waals surface area contributed by atoms with Gasteiger partial charge in [-0.15, -0.1) is 0 Å². The van der Waals surface area contributed by atoms with Crippen LogP contribution in [0.15, 0.2) is 12.1 Å². The number of aromatic nitrogens is 1. The molecule has 0 aliphatic heterocycles. The van der Waals surface area contributed by atoms with Crippen LogP contribution in [0.5, 0.6) is 0 Å². The maximum Gasteiger partial charge on any atom is 0.311 e. The van der Waals surface area contributed by atoms with Gasteiger partial charge in [-0.3, -0.25) is 10.1 Å². The van der Waals surface area contributed by atoms with Crippen LogP contribution in [-0.4, -0.2) is 23.0 Å². The van der Waals surface area contributed by atoms with Crippen molar-refractivity contribution in [3.63, 3.8) is 0 Å². The number of hydrogen-bond acceptors (Lipinski definition) is 5. The molecule has 0 bridgehead atoms. The Hall–Kier alpha value is -1.85. The largest absolute Gasteiger partial charge is 0.373 e. The Morgan fingerprint density at radius 1 is 1.33 bits per heavy atom. The fourth-order valence-electron chi connectivity index (χ4n) is 3.04. The first-order valence-corrected chi connectivity index (χ1v) is 7.73. The van der Waals surface area contributed by atoms with Crippen LogP contribution < -0.4 is 10.6 Å². The van der Waals surface area contributed by atoms with Crippen molar-refractivity contribution in [1.82, 2.24) is 4.98 Å². The van der Waals surface area contributed by atoms with Crippen molar-refractivity contribution in [2.75, 3.05) is 17.7 Å². The van der Waals surface area contributed by atoms with E-state index in [2.05, 4.69) is 22.5 Å². The SMILES string of the molecule is CCCC1CCC(Nc2nc(NC)ccc2[N+](=O)[O-])CC1. The van der Waals surface area contributed by atoms with E-state index >= 15 is 0 Å². The molecule has 1 aliphatic carbocycles. The van der Waals surface area contributed by atoms with Crippen LogP contribution in [0.2, 0.25) is 0 Å². The topological polar surface area (TPSA) is 80.1 Å². The number of pyridine rings is 1. The van der Waals surface area contributed by atoms with Crippen LogP contribution in [0.1, 0.15) is 45.4 Å². The second-order valence-corrected chi connectivity index (χ2v) is 5.72. The summed E-state index contributed by atoms with van der Waals surface area (Å²) in [5, 5.41) is 17.3. The predicted molar refractivity (Wildman–Crippen MR) is 84.7 cm³/mol. The molecule has 2 N–H and O–H groups in total. The quantitative estimate of drug-likeness (QED) is 0.615. The smallest absolute Gasteiger partial charge is 0.311 e. The molecule has 21 heavy (non-hydrogen) atoms. The Balaban J connectivity index is 2.03. The van der Waals surface area contributed by atoms with Gasteiger partial charge in [0.15, 0.2) is 0 Å². The van der Waals surface area contributed by atoms with E-state index in [1.54, 1.807) is 13.1 Å². The first kappa shape index (κ1) is 15.5. The van der Waals surface area contributed by atoms with Gasteiger partial charge in [0.05, 0.1) is 4.92 Å². The highest BCUT2D eigenvalue weighted by Crippen LogP contribution is 2.31. The lowest BCUT2D eigenvalue weighted by molar-refractivity contribution is -0.384. The first-order chi connectivity index (χ1) is 10.1. The molecule has 0 unspecified atom stereocenters. The fraction of sp³-hybridized carbons (Fsp3) is 0.667. The lowest BCUT2D eigenvalue weighted by Gasteiger charge is -2.29. The molecule has 116 valence electrons. The zero-order valence-corrected chi connectivity index (χ0v) is 12.8. The highest BCUT2D eigenvalue weighted by atomic mass is 16.6. The van der Waals surface area contributed by atoms with Gasteiger partial charge >= 0.3 is 5.69 Å².